The Labute approximate surface area is 501 Å². The van der Waals surface area contributed by atoms with Crippen LogP contribution in [0.1, 0.15) is 425 Å². The van der Waals surface area contributed by atoms with Crippen LogP contribution in [0.25, 0.3) is 0 Å². The second kappa shape index (κ2) is 70.1. The molecule has 0 heterocycles. The molecule has 0 aliphatic carbocycles. The van der Waals surface area contributed by atoms with E-state index in [-0.39, 0.29) is 18.5 Å². The molecule has 2 atom stereocenters. The topological polar surface area (TPSA) is 95.9 Å². The van der Waals surface area contributed by atoms with Gasteiger partial charge in [0.05, 0.1) is 25.4 Å². The summed E-state index contributed by atoms with van der Waals surface area (Å²) >= 11 is 0. The maximum atomic E-state index is 12.5. The number of amides is 1. The fraction of sp³-hybridized carbons (Fsp3) is 0.946. The molecule has 0 saturated heterocycles. The molecule has 0 aliphatic heterocycles. The van der Waals surface area contributed by atoms with Crippen molar-refractivity contribution in [1.29, 1.82) is 0 Å². The Morgan fingerprint density at radius 2 is 0.588 bits per heavy atom. The number of rotatable bonds is 70. The predicted molar refractivity (Wildman–Crippen MR) is 352 cm³/mol. The van der Waals surface area contributed by atoms with Crippen LogP contribution in [-0.2, 0) is 14.3 Å². The van der Waals surface area contributed by atoms with Gasteiger partial charge < -0.3 is 20.3 Å². The minimum Gasteiger partial charge on any atom is -0.466 e. The van der Waals surface area contributed by atoms with Gasteiger partial charge in [0.15, 0.2) is 0 Å². The van der Waals surface area contributed by atoms with Gasteiger partial charge in [-0.3, -0.25) is 9.59 Å². The standard InChI is InChI=1S/C74H145NO5/c1-3-5-7-9-11-13-15-17-19-21-34-38-42-46-50-54-58-62-66-72(77)71(70-76)75-73(78)67-63-59-55-51-47-43-39-35-32-30-28-26-24-23-25-27-29-31-33-37-41-45-49-53-57-61-65-69-80-74(79)68-64-60-56-52-48-44-40-36-22-20-18-16-14-12-10-8-6-4-2/h20,22,71-72,76-77H,3-19,21,23-70H2,1-2H3,(H,75,78)/b22-20-. The van der Waals surface area contributed by atoms with E-state index in [2.05, 4.69) is 31.3 Å². The lowest BCUT2D eigenvalue weighted by Crippen LogP contribution is -2.45. The van der Waals surface area contributed by atoms with Crippen LogP contribution in [0.2, 0.25) is 0 Å². The highest BCUT2D eigenvalue weighted by Gasteiger charge is 2.20. The Morgan fingerprint density at radius 3 is 0.887 bits per heavy atom. The van der Waals surface area contributed by atoms with Gasteiger partial charge in [-0.05, 0) is 51.4 Å². The van der Waals surface area contributed by atoms with Crippen LogP contribution < -0.4 is 5.32 Å². The van der Waals surface area contributed by atoms with Gasteiger partial charge in [0.2, 0.25) is 5.91 Å². The zero-order valence-electron chi connectivity index (χ0n) is 54.6. The van der Waals surface area contributed by atoms with Gasteiger partial charge in [0.1, 0.15) is 0 Å². The fourth-order valence-electron chi connectivity index (χ4n) is 11.9. The molecule has 0 aromatic rings. The summed E-state index contributed by atoms with van der Waals surface area (Å²) in [6.07, 6.45) is 87.0. The van der Waals surface area contributed by atoms with Gasteiger partial charge in [-0.25, -0.2) is 0 Å². The molecule has 476 valence electrons. The van der Waals surface area contributed by atoms with E-state index in [0.717, 1.165) is 44.9 Å². The second-order valence-corrected chi connectivity index (χ2v) is 25.6. The van der Waals surface area contributed by atoms with Crippen LogP contribution in [0.3, 0.4) is 0 Å². The highest BCUT2D eigenvalue weighted by Crippen LogP contribution is 2.20. The number of hydrogen-bond acceptors (Lipinski definition) is 5. The number of carbonyl (C=O) groups excluding carboxylic acids is 2. The Morgan fingerprint density at radius 1 is 0.338 bits per heavy atom. The second-order valence-electron chi connectivity index (χ2n) is 25.6. The summed E-state index contributed by atoms with van der Waals surface area (Å²) in [5, 5.41) is 23.4. The van der Waals surface area contributed by atoms with E-state index in [0.29, 0.717) is 25.9 Å². The van der Waals surface area contributed by atoms with E-state index in [1.165, 1.54) is 347 Å². The smallest absolute Gasteiger partial charge is 0.305 e. The van der Waals surface area contributed by atoms with Crippen molar-refractivity contribution in [3.8, 4) is 0 Å². The summed E-state index contributed by atoms with van der Waals surface area (Å²) in [6, 6.07) is -0.539. The molecule has 0 fully saturated rings. The summed E-state index contributed by atoms with van der Waals surface area (Å²) in [5.41, 5.74) is 0. The molecule has 0 aliphatic rings. The van der Waals surface area contributed by atoms with E-state index >= 15 is 0 Å². The minimum atomic E-state index is -0.662. The van der Waals surface area contributed by atoms with Crippen molar-refractivity contribution in [2.45, 2.75) is 437 Å². The number of aliphatic hydroxyl groups is 2. The van der Waals surface area contributed by atoms with Gasteiger partial charge in [-0.15, -0.1) is 0 Å². The summed E-state index contributed by atoms with van der Waals surface area (Å²) < 4.78 is 5.51. The number of allylic oxidation sites excluding steroid dienone is 2. The van der Waals surface area contributed by atoms with E-state index in [1.807, 2.05) is 0 Å². The summed E-state index contributed by atoms with van der Waals surface area (Å²) in [5.74, 6) is -0.0113. The van der Waals surface area contributed by atoms with Crippen LogP contribution in [0.15, 0.2) is 12.2 Å². The first-order chi connectivity index (χ1) is 39.5. The molecule has 0 spiro atoms. The third kappa shape index (κ3) is 65.7. The lowest BCUT2D eigenvalue weighted by atomic mass is 10.0. The number of hydrogen-bond donors (Lipinski definition) is 3. The van der Waals surface area contributed by atoms with Crippen molar-refractivity contribution >= 4 is 11.9 Å². The van der Waals surface area contributed by atoms with Crippen molar-refractivity contribution in [3.63, 3.8) is 0 Å². The average Bonchev–Trinajstić information content (AvgIpc) is 3.46. The molecular formula is C74H145NO5. The first-order valence-corrected chi connectivity index (χ1v) is 36.9. The summed E-state index contributed by atoms with van der Waals surface area (Å²) in [6.45, 7) is 5.00. The van der Waals surface area contributed by atoms with E-state index < -0.39 is 12.1 Å². The van der Waals surface area contributed by atoms with Crippen LogP contribution >= 0.6 is 0 Å². The van der Waals surface area contributed by atoms with Gasteiger partial charge in [-0.1, -0.05) is 373 Å². The van der Waals surface area contributed by atoms with Gasteiger partial charge >= 0.3 is 5.97 Å². The molecule has 6 heteroatoms. The Kier molecular flexibility index (Phi) is 68.9. The van der Waals surface area contributed by atoms with Crippen molar-refractivity contribution in [2.75, 3.05) is 13.2 Å². The molecule has 6 nitrogen and oxygen atoms in total. The number of carbonyl (C=O) groups is 2. The maximum Gasteiger partial charge on any atom is 0.305 e. The Balaban J connectivity index is 3.33. The number of esters is 1. The molecule has 1 amide bonds. The van der Waals surface area contributed by atoms with Crippen molar-refractivity contribution in [1.82, 2.24) is 5.32 Å². The quantitative estimate of drug-likeness (QED) is 0.0320. The monoisotopic (exact) mass is 1130 g/mol. The molecule has 0 bridgehead atoms. The lowest BCUT2D eigenvalue weighted by Gasteiger charge is -2.22. The number of unbranched alkanes of at least 4 members (excludes halogenated alkanes) is 57. The number of nitrogens with one attached hydrogen (secondary N) is 1. The molecule has 0 aromatic heterocycles. The summed E-state index contributed by atoms with van der Waals surface area (Å²) in [4.78, 5) is 24.6. The van der Waals surface area contributed by atoms with Crippen molar-refractivity contribution in [3.05, 3.63) is 12.2 Å². The number of aliphatic hydroxyl groups excluding tert-OH is 2. The molecular weight excluding hydrogens is 983 g/mol. The molecule has 80 heavy (non-hydrogen) atoms. The minimum absolute atomic E-state index is 0.0164. The molecule has 0 radical (unpaired) electrons. The van der Waals surface area contributed by atoms with Gasteiger partial charge in [0.25, 0.3) is 0 Å². The van der Waals surface area contributed by atoms with E-state index in [1.54, 1.807) is 0 Å². The molecule has 0 saturated carbocycles. The average molecular weight is 1130 g/mol. The van der Waals surface area contributed by atoms with E-state index in [9.17, 15) is 19.8 Å². The maximum absolute atomic E-state index is 12.5. The van der Waals surface area contributed by atoms with Crippen molar-refractivity contribution < 1.29 is 24.5 Å². The molecule has 3 N–H and O–H groups in total. The Bertz CT molecular complexity index is 1210. The molecule has 0 aromatic carbocycles. The van der Waals surface area contributed by atoms with Crippen LogP contribution in [0.5, 0.6) is 0 Å². The van der Waals surface area contributed by atoms with Crippen LogP contribution in [0.4, 0.5) is 0 Å². The highest BCUT2D eigenvalue weighted by atomic mass is 16.5. The van der Waals surface area contributed by atoms with Crippen molar-refractivity contribution in [2.24, 2.45) is 0 Å². The molecule has 0 rings (SSSR count). The molecule has 2 unspecified atom stereocenters. The fourth-order valence-corrected chi connectivity index (χ4v) is 11.9. The van der Waals surface area contributed by atoms with Gasteiger partial charge in [0, 0.05) is 12.8 Å². The zero-order chi connectivity index (χ0) is 57.8. The SMILES string of the molecule is CCCCCCCCC/C=C\CCCCCCCCCC(=O)OCCCCCCCCCCCCCCCCCCCCCCCCCCCCCC(=O)NC(CO)C(O)CCCCCCCCCCCCCCCCCCCC. The van der Waals surface area contributed by atoms with Crippen LogP contribution in [0, 0.1) is 0 Å². The zero-order valence-corrected chi connectivity index (χ0v) is 54.6. The first-order valence-electron chi connectivity index (χ1n) is 36.9. The van der Waals surface area contributed by atoms with E-state index in [4.69, 9.17) is 4.74 Å². The predicted octanol–water partition coefficient (Wildman–Crippen LogP) is 23.9. The normalized spacial score (nSPS) is 12.5. The largest absolute Gasteiger partial charge is 0.466 e. The van der Waals surface area contributed by atoms with Gasteiger partial charge in [-0.2, -0.15) is 0 Å². The first kappa shape index (κ1) is 78.6. The lowest BCUT2D eigenvalue weighted by molar-refractivity contribution is -0.143. The highest BCUT2D eigenvalue weighted by molar-refractivity contribution is 5.76. The third-order valence-electron chi connectivity index (χ3n) is 17.6. The third-order valence-corrected chi connectivity index (χ3v) is 17.6. The Hall–Kier alpha value is -1.40. The number of ether oxygens (including phenoxy) is 1. The summed E-state index contributed by atoms with van der Waals surface area (Å²) in [7, 11) is 0. The van der Waals surface area contributed by atoms with Crippen LogP contribution in [-0.4, -0.2) is 47.4 Å².